The van der Waals surface area contributed by atoms with Crippen LogP contribution in [0.3, 0.4) is 0 Å². The molecule has 2 N–H and O–H groups in total. The summed E-state index contributed by atoms with van der Waals surface area (Å²) in [5.41, 5.74) is 0.905. The Morgan fingerprint density at radius 2 is 2.10 bits per heavy atom. The first kappa shape index (κ1) is 16.9. The minimum absolute atomic E-state index is 0.0421. The normalized spacial score (nSPS) is 11.5. The van der Waals surface area contributed by atoms with E-state index in [1.165, 1.54) is 0 Å². The van der Waals surface area contributed by atoms with Crippen LogP contribution < -0.4 is 4.72 Å². The van der Waals surface area contributed by atoms with Crippen molar-refractivity contribution in [1.29, 1.82) is 0 Å². The predicted octanol–water partition coefficient (Wildman–Crippen LogP) is 2.44. The van der Waals surface area contributed by atoms with Gasteiger partial charge in [-0.15, -0.1) is 0 Å². The largest absolute Gasteiger partial charge is 0.481 e. The summed E-state index contributed by atoms with van der Waals surface area (Å²) in [6.07, 6.45) is 1.85. The van der Waals surface area contributed by atoms with Crippen LogP contribution in [0.15, 0.2) is 23.1 Å². The van der Waals surface area contributed by atoms with E-state index in [0.717, 1.165) is 18.4 Å². The number of carboxylic acids is 1. The number of halogens is 1. The average Bonchev–Trinajstić information content (AvgIpc) is 2.37. The van der Waals surface area contributed by atoms with E-state index in [0.29, 0.717) is 0 Å². The Bertz CT molecular complexity index is 572. The van der Waals surface area contributed by atoms with Gasteiger partial charge in [-0.3, -0.25) is 4.79 Å². The fourth-order valence-corrected chi connectivity index (χ4v) is 3.34. The lowest BCUT2D eigenvalue weighted by atomic mass is 10.1. The minimum atomic E-state index is -3.70. The highest BCUT2D eigenvalue weighted by molar-refractivity contribution is 7.89. The Morgan fingerprint density at radius 3 is 2.70 bits per heavy atom. The highest BCUT2D eigenvalue weighted by Crippen LogP contribution is 2.23. The molecular formula is C13H18ClNO4S. The predicted molar refractivity (Wildman–Crippen MR) is 77.5 cm³/mol. The standard InChI is InChI=1S/C13H18ClNO4S/c1-2-4-10-6-7-11(14)12(9-10)20(18,19)15-8-3-5-13(16)17/h6-7,9,15H,2-5,8H2,1H3,(H,16,17). The van der Waals surface area contributed by atoms with Crippen molar-refractivity contribution < 1.29 is 18.3 Å². The molecule has 0 fully saturated rings. The van der Waals surface area contributed by atoms with E-state index in [1.54, 1.807) is 18.2 Å². The fourth-order valence-electron chi connectivity index (χ4n) is 1.72. The number of sulfonamides is 1. The van der Waals surface area contributed by atoms with Gasteiger partial charge >= 0.3 is 5.97 Å². The van der Waals surface area contributed by atoms with Crippen LogP contribution in [-0.4, -0.2) is 26.0 Å². The van der Waals surface area contributed by atoms with E-state index < -0.39 is 16.0 Å². The molecule has 20 heavy (non-hydrogen) atoms. The molecule has 0 spiro atoms. The van der Waals surface area contributed by atoms with Crippen LogP contribution >= 0.6 is 11.6 Å². The molecule has 0 unspecified atom stereocenters. The number of carboxylic acid groups (broad SMARTS) is 1. The zero-order chi connectivity index (χ0) is 15.2. The zero-order valence-electron chi connectivity index (χ0n) is 11.2. The van der Waals surface area contributed by atoms with Crippen molar-refractivity contribution in [3.63, 3.8) is 0 Å². The van der Waals surface area contributed by atoms with Crippen LogP contribution in [0.5, 0.6) is 0 Å². The Morgan fingerprint density at radius 1 is 1.40 bits per heavy atom. The first-order valence-corrected chi connectivity index (χ1v) is 8.23. The molecule has 1 aromatic rings. The molecule has 7 heteroatoms. The quantitative estimate of drug-likeness (QED) is 0.721. The summed E-state index contributed by atoms with van der Waals surface area (Å²) in [6.45, 7) is 2.08. The highest BCUT2D eigenvalue weighted by atomic mass is 35.5. The van der Waals surface area contributed by atoms with Crippen molar-refractivity contribution in [2.24, 2.45) is 0 Å². The molecule has 0 aliphatic carbocycles. The Hall–Kier alpha value is -1.11. The minimum Gasteiger partial charge on any atom is -0.481 e. The van der Waals surface area contributed by atoms with Gasteiger partial charge in [-0.1, -0.05) is 31.0 Å². The lowest BCUT2D eigenvalue weighted by Gasteiger charge is -2.09. The maximum atomic E-state index is 12.1. The number of benzene rings is 1. The summed E-state index contributed by atoms with van der Waals surface area (Å²) >= 11 is 5.93. The number of hydrogen-bond acceptors (Lipinski definition) is 3. The zero-order valence-corrected chi connectivity index (χ0v) is 12.8. The van der Waals surface area contributed by atoms with Gasteiger partial charge in [0.2, 0.25) is 10.0 Å². The smallest absolute Gasteiger partial charge is 0.303 e. The number of nitrogens with one attached hydrogen (secondary N) is 1. The molecule has 0 aromatic heterocycles. The van der Waals surface area contributed by atoms with Gasteiger partial charge in [0.1, 0.15) is 4.90 Å². The maximum Gasteiger partial charge on any atom is 0.303 e. The van der Waals surface area contributed by atoms with Crippen molar-refractivity contribution in [3.8, 4) is 0 Å². The summed E-state index contributed by atoms with van der Waals surface area (Å²) in [4.78, 5) is 10.4. The molecule has 5 nitrogen and oxygen atoms in total. The number of rotatable bonds is 8. The van der Waals surface area contributed by atoms with E-state index in [2.05, 4.69) is 4.72 Å². The molecule has 1 rings (SSSR count). The lowest BCUT2D eigenvalue weighted by Crippen LogP contribution is -2.25. The first-order chi connectivity index (χ1) is 9.36. The van der Waals surface area contributed by atoms with Gasteiger partial charge in [0.05, 0.1) is 5.02 Å². The van der Waals surface area contributed by atoms with E-state index in [1.807, 2.05) is 6.92 Å². The number of aryl methyl sites for hydroxylation is 1. The van der Waals surface area contributed by atoms with Gasteiger partial charge in [-0.25, -0.2) is 13.1 Å². The van der Waals surface area contributed by atoms with Gasteiger partial charge in [-0.2, -0.15) is 0 Å². The molecule has 0 amide bonds. The molecule has 112 valence electrons. The summed E-state index contributed by atoms with van der Waals surface area (Å²) in [7, 11) is -3.70. The topological polar surface area (TPSA) is 83.5 Å². The second-order valence-corrected chi connectivity index (χ2v) is 6.55. The molecule has 0 heterocycles. The van der Waals surface area contributed by atoms with Crippen molar-refractivity contribution in [2.75, 3.05) is 6.54 Å². The number of hydrogen-bond donors (Lipinski definition) is 2. The maximum absolute atomic E-state index is 12.1. The van der Waals surface area contributed by atoms with Gasteiger partial charge in [0.25, 0.3) is 0 Å². The molecule has 1 aromatic carbocycles. The van der Waals surface area contributed by atoms with Gasteiger partial charge in [0.15, 0.2) is 0 Å². The van der Waals surface area contributed by atoms with Crippen LogP contribution in [0, 0.1) is 0 Å². The molecule has 0 aliphatic rings. The second kappa shape index (κ2) is 7.61. The second-order valence-electron chi connectivity index (χ2n) is 4.41. The third-order valence-corrected chi connectivity index (χ3v) is 4.63. The Labute approximate surface area is 124 Å². The first-order valence-electron chi connectivity index (χ1n) is 6.36. The molecule has 0 aliphatic heterocycles. The van der Waals surface area contributed by atoms with E-state index in [4.69, 9.17) is 16.7 Å². The summed E-state index contributed by atoms with van der Waals surface area (Å²) < 4.78 is 26.6. The van der Waals surface area contributed by atoms with Crippen LogP contribution in [0.4, 0.5) is 0 Å². The SMILES string of the molecule is CCCc1ccc(Cl)c(S(=O)(=O)NCCCC(=O)O)c1. The van der Waals surface area contributed by atoms with Crippen molar-refractivity contribution in [2.45, 2.75) is 37.5 Å². The summed E-state index contributed by atoms with van der Waals surface area (Å²) in [5, 5.41) is 8.66. The average molecular weight is 320 g/mol. The van der Waals surface area contributed by atoms with Crippen LogP contribution in [0.25, 0.3) is 0 Å². The van der Waals surface area contributed by atoms with Gasteiger partial charge < -0.3 is 5.11 Å². The fraction of sp³-hybridized carbons (Fsp3) is 0.462. The molecule has 0 saturated heterocycles. The third kappa shape index (κ3) is 5.11. The van der Waals surface area contributed by atoms with Gasteiger partial charge in [0, 0.05) is 13.0 Å². The highest BCUT2D eigenvalue weighted by Gasteiger charge is 2.18. The summed E-state index contributed by atoms with van der Waals surface area (Å²) in [6, 6.07) is 4.93. The third-order valence-electron chi connectivity index (χ3n) is 2.68. The molecule has 0 saturated carbocycles. The molecule has 0 radical (unpaired) electrons. The van der Waals surface area contributed by atoms with Crippen LogP contribution in [0.1, 0.15) is 31.7 Å². The molecule has 0 bridgehead atoms. The van der Waals surface area contributed by atoms with Crippen molar-refractivity contribution >= 4 is 27.6 Å². The Balaban J connectivity index is 2.80. The number of aliphatic carboxylic acids is 1. The van der Waals surface area contributed by atoms with Gasteiger partial charge in [-0.05, 0) is 30.5 Å². The lowest BCUT2D eigenvalue weighted by molar-refractivity contribution is -0.137. The summed E-state index contributed by atoms with van der Waals surface area (Å²) in [5.74, 6) is -0.952. The number of carbonyl (C=O) groups is 1. The Kier molecular flexibility index (Phi) is 6.45. The van der Waals surface area contributed by atoms with Crippen molar-refractivity contribution in [3.05, 3.63) is 28.8 Å². The monoisotopic (exact) mass is 319 g/mol. The molecule has 0 atom stereocenters. The molecular weight excluding hydrogens is 302 g/mol. The van der Waals surface area contributed by atoms with Crippen LogP contribution in [0.2, 0.25) is 5.02 Å². The van der Waals surface area contributed by atoms with E-state index in [9.17, 15) is 13.2 Å². The van der Waals surface area contributed by atoms with Crippen molar-refractivity contribution in [1.82, 2.24) is 4.72 Å². The van der Waals surface area contributed by atoms with Crippen LogP contribution in [-0.2, 0) is 21.2 Å². The van der Waals surface area contributed by atoms with E-state index >= 15 is 0 Å². The van der Waals surface area contributed by atoms with E-state index in [-0.39, 0.29) is 29.3 Å².